The maximum atomic E-state index is 13.2. The van der Waals surface area contributed by atoms with E-state index in [1.54, 1.807) is 0 Å². The molecule has 3 atom stereocenters. The van der Waals surface area contributed by atoms with E-state index >= 15 is 0 Å². The molecule has 2 saturated carbocycles. The smallest absolute Gasteiger partial charge is 0.313 e. The monoisotopic (exact) mass is 394 g/mol. The van der Waals surface area contributed by atoms with Gasteiger partial charge < -0.3 is 15.4 Å². The van der Waals surface area contributed by atoms with Crippen molar-refractivity contribution >= 4 is 11.8 Å². The number of alkyl halides is 4. The molecule has 3 aliphatic rings. The number of carbonyl (C=O) groups is 2. The molecule has 3 fully saturated rings. The molecule has 0 aromatic heterocycles. The highest BCUT2D eigenvalue weighted by molar-refractivity contribution is 5.79. The van der Waals surface area contributed by atoms with Crippen LogP contribution in [0.2, 0.25) is 0 Å². The number of hydrogen-bond donors (Lipinski definition) is 2. The number of ether oxygens (including phenoxy) is 1. The third-order valence-electron chi connectivity index (χ3n) is 5.86. The average molecular weight is 394 g/mol. The summed E-state index contributed by atoms with van der Waals surface area (Å²) in [6.07, 6.45) is 3.87. The molecule has 2 amide bonds. The van der Waals surface area contributed by atoms with E-state index in [4.69, 9.17) is 4.74 Å². The highest BCUT2D eigenvalue weighted by Gasteiger charge is 2.71. The van der Waals surface area contributed by atoms with Crippen molar-refractivity contribution in [2.45, 2.75) is 75.4 Å². The molecule has 2 N–H and O–H groups in total. The lowest BCUT2D eigenvalue weighted by Gasteiger charge is -2.43. The summed E-state index contributed by atoms with van der Waals surface area (Å²) in [4.78, 5) is 24.0. The third kappa shape index (κ3) is 4.55. The molecule has 0 aromatic carbocycles. The van der Waals surface area contributed by atoms with E-state index in [0.717, 1.165) is 25.7 Å². The van der Waals surface area contributed by atoms with E-state index in [1.807, 2.05) is 0 Å². The predicted molar refractivity (Wildman–Crippen MR) is 88.5 cm³/mol. The van der Waals surface area contributed by atoms with Crippen molar-refractivity contribution in [3.63, 3.8) is 0 Å². The van der Waals surface area contributed by atoms with Gasteiger partial charge in [-0.05, 0) is 19.3 Å². The Hall–Kier alpha value is -1.38. The molecule has 0 spiro atoms. The fourth-order valence-electron chi connectivity index (χ4n) is 4.06. The van der Waals surface area contributed by atoms with E-state index in [0.29, 0.717) is 6.42 Å². The summed E-state index contributed by atoms with van der Waals surface area (Å²) in [6.45, 7) is 0.340. The quantitative estimate of drug-likeness (QED) is 0.681. The summed E-state index contributed by atoms with van der Waals surface area (Å²) >= 11 is 0. The normalized spacial score (nSPS) is 32.5. The largest absolute Gasteiger partial charge is 0.376 e. The van der Waals surface area contributed by atoms with Gasteiger partial charge in [-0.2, -0.15) is 17.6 Å². The van der Waals surface area contributed by atoms with E-state index in [1.165, 1.54) is 6.42 Å². The fraction of sp³-hybridized carbons (Fsp3) is 0.889. The van der Waals surface area contributed by atoms with Crippen LogP contribution in [0.5, 0.6) is 0 Å². The van der Waals surface area contributed by atoms with Gasteiger partial charge in [0.05, 0.1) is 18.6 Å². The molecule has 1 unspecified atom stereocenters. The number of carbonyl (C=O) groups excluding carboxylic acids is 2. The topological polar surface area (TPSA) is 67.4 Å². The van der Waals surface area contributed by atoms with Crippen molar-refractivity contribution in [2.24, 2.45) is 11.8 Å². The zero-order valence-electron chi connectivity index (χ0n) is 15.1. The number of halogens is 4. The highest BCUT2D eigenvalue weighted by atomic mass is 19.3. The Morgan fingerprint density at radius 3 is 2.41 bits per heavy atom. The van der Waals surface area contributed by atoms with Crippen molar-refractivity contribution in [3.8, 4) is 0 Å². The highest BCUT2D eigenvalue weighted by Crippen LogP contribution is 2.56. The Morgan fingerprint density at radius 1 is 1.07 bits per heavy atom. The molecule has 0 bridgehead atoms. The number of nitrogens with one attached hydrogen (secondary N) is 2. The van der Waals surface area contributed by atoms with Crippen LogP contribution in [0.3, 0.4) is 0 Å². The summed E-state index contributed by atoms with van der Waals surface area (Å²) in [5, 5.41) is 5.50. The van der Waals surface area contributed by atoms with Crippen LogP contribution in [0.15, 0.2) is 0 Å². The maximum Gasteiger partial charge on any atom is 0.313 e. The van der Waals surface area contributed by atoms with Crippen molar-refractivity contribution in [2.75, 3.05) is 13.2 Å². The summed E-state index contributed by atoms with van der Waals surface area (Å²) in [7, 11) is 0. The molecule has 3 rings (SSSR count). The molecule has 1 saturated heterocycles. The van der Waals surface area contributed by atoms with Crippen LogP contribution in [-0.4, -0.2) is 49.0 Å². The SMILES string of the molecule is O=C(CC1CC(F)(F)C1(F)F)NC[C@@H]1C[C@H](C(=O)NC2CCCCC2)CO1. The van der Waals surface area contributed by atoms with Crippen molar-refractivity contribution in [1.82, 2.24) is 10.6 Å². The summed E-state index contributed by atoms with van der Waals surface area (Å²) in [5.74, 6) is -10.8. The second kappa shape index (κ2) is 7.93. The van der Waals surface area contributed by atoms with E-state index in [9.17, 15) is 27.2 Å². The van der Waals surface area contributed by atoms with Gasteiger partial charge in [-0.15, -0.1) is 0 Å². The molecule has 1 aliphatic heterocycles. The van der Waals surface area contributed by atoms with Crippen LogP contribution in [0.1, 0.15) is 51.4 Å². The van der Waals surface area contributed by atoms with Crippen molar-refractivity contribution in [3.05, 3.63) is 0 Å². The summed E-state index contributed by atoms with van der Waals surface area (Å²) < 4.78 is 57.5. The maximum absolute atomic E-state index is 13.2. The Bertz CT molecular complexity index is 567. The van der Waals surface area contributed by atoms with Crippen LogP contribution in [0, 0.1) is 11.8 Å². The zero-order valence-corrected chi connectivity index (χ0v) is 15.1. The molecule has 5 nitrogen and oxygen atoms in total. The van der Waals surface area contributed by atoms with Gasteiger partial charge in [-0.1, -0.05) is 19.3 Å². The van der Waals surface area contributed by atoms with E-state index < -0.39 is 36.5 Å². The van der Waals surface area contributed by atoms with Gasteiger partial charge in [0, 0.05) is 31.3 Å². The second-order valence-corrected chi connectivity index (χ2v) is 7.97. The lowest BCUT2D eigenvalue weighted by Crippen LogP contribution is -2.59. The first-order valence-electron chi connectivity index (χ1n) is 9.63. The summed E-state index contributed by atoms with van der Waals surface area (Å²) in [5.41, 5.74) is 0. The molecule has 2 aliphatic carbocycles. The second-order valence-electron chi connectivity index (χ2n) is 7.97. The lowest BCUT2D eigenvalue weighted by atomic mass is 9.74. The van der Waals surface area contributed by atoms with Gasteiger partial charge in [0.2, 0.25) is 11.8 Å². The molecule has 154 valence electrons. The predicted octanol–water partition coefficient (Wildman–Crippen LogP) is 2.64. The molecular weight excluding hydrogens is 368 g/mol. The standard InChI is InChI=1S/C18H26F4N2O3/c19-17(20)8-12(18(17,21)22)7-15(25)23-9-14-6-11(10-27-14)16(26)24-13-4-2-1-3-5-13/h11-14H,1-10H2,(H,23,25)(H,24,26)/t11-,12?,14-/m0/s1. The Labute approximate surface area is 155 Å². The van der Waals surface area contributed by atoms with Crippen LogP contribution >= 0.6 is 0 Å². The molecule has 0 aromatic rings. The minimum absolute atomic E-state index is 0.0490. The number of rotatable bonds is 6. The van der Waals surface area contributed by atoms with Gasteiger partial charge in [-0.3, -0.25) is 9.59 Å². The van der Waals surface area contributed by atoms with Crippen molar-refractivity contribution in [1.29, 1.82) is 0 Å². The minimum Gasteiger partial charge on any atom is -0.376 e. The minimum atomic E-state index is -4.13. The molecule has 1 heterocycles. The molecule has 27 heavy (non-hydrogen) atoms. The van der Waals surface area contributed by atoms with E-state index in [2.05, 4.69) is 10.6 Å². The van der Waals surface area contributed by atoms with Crippen LogP contribution in [0.4, 0.5) is 17.6 Å². The lowest BCUT2D eigenvalue weighted by molar-refractivity contribution is -0.313. The molecule has 9 heteroatoms. The van der Waals surface area contributed by atoms with Gasteiger partial charge in [0.1, 0.15) is 0 Å². The first-order valence-corrected chi connectivity index (χ1v) is 9.63. The van der Waals surface area contributed by atoms with Gasteiger partial charge >= 0.3 is 11.8 Å². The molecular formula is C18H26F4N2O3. The van der Waals surface area contributed by atoms with Gasteiger partial charge in [0.25, 0.3) is 0 Å². The Morgan fingerprint density at radius 2 is 1.78 bits per heavy atom. The zero-order chi connectivity index (χ0) is 19.7. The Balaban J connectivity index is 1.35. The third-order valence-corrected chi connectivity index (χ3v) is 5.86. The van der Waals surface area contributed by atoms with Crippen LogP contribution < -0.4 is 10.6 Å². The van der Waals surface area contributed by atoms with Crippen LogP contribution in [0.25, 0.3) is 0 Å². The molecule has 0 radical (unpaired) electrons. The first kappa shape index (κ1) is 20.4. The van der Waals surface area contributed by atoms with Crippen LogP contribution in [-0.2, 0) is 14.3 Å². The fourth-order valence-corrected chi connectivity index (χ4v) is 4.06. The Kier molecular flexibility index (Phi) is 5.98. The average Bonchev–Trinajstić information content (AvgIpc) is 3.09. The van der Waals surface area contributed by atoms with E-state index in [-0.39, 0.29) is 37.1 Å². The van der Waals surface area contributed by atoms with Gasteiger partial charge in [-0.25, -0.2) is 0 Å². The first-order chi connectivity index (χ1) is 12.7. The number of amides is 2. The van der Waals surface area contributed by atoms with Gasteiger partial charge in [0.15, 0.2) is 0 Å². The summed E-state index contributed by atoms with van der Waals surface area (Å²) in [6, 6.07) is 0.215. The number of hydrogen-bond acceptors (Lipinski definition) is 3. The van der Waals surface area contributed by atoms with Crippen molar-refractivity contribution < 1.29 is 31.9 Å².